The Morgan fingerprint density at radius 1 is 1.29 bits per heavy atom. The van der Waals surface area contributed by atoms with Gasteiger partial charge < -0.3 is 9.84 Å². The summed E-state index contributed by atoms with van der Waals surface area (Å²) in [5.41, 5.74) is -0.815. The second-order valence-corrected chi connectivity index (χ2v) is 4.52. The van der Waals surface area contributed by atoms with Gasteiger partial charge in [0.2, 0.25) is 0 Å². The van der Waals surface area contributed by atoms with E-state index in [1.165, 1.54) is 13.2 Å². The van der Waals surface area contributed by atoms with Crippen LogP contribution < -0.4 is 0 Å². The van der Waals surface area contributed by atoms with Crippen LogP contribution in [0.2, 0.25) is 0 Å². The van der Waals surface area contributed by atoms with Crippen molar-refractivity contribution in [2.45, 2.75) is 37.4 Å². The van der Waals surface area contributed by atoms with Gasteiger partial charge in [0.15, 0.2) is 11.6 Å². The Bertz CT molecular complexity index is 408. The van der Waals surface area contributed by atoms with Crippen molar-refractivity contribution in [2.24, 2.45) is 0 Å². The predicted molar refractivity (Wildman–Crippen MR) is 59.5 cm³/mol. The van der Waals surface area contributed by atoms with Gasteiger partial charge in [0.25, 0.3) is 0 Å². The summed E-state index contributed by atoms with van der Waals surface area (Å²) in [5.74, 6) is -1.83. The van der Waals surface area contributed by atoms with Crippen LogP contribution in [0.4, 0.5) is 8.78 Å². The molecule has 0 heterocycles. The summed E-state index contributed by atoms with van der Waals surface area (Å²) in [6, 6.07) is 3.53. The Balaban J connectivity index is 2.37. The average Bonchev–Trinajstić information content (AvgIpc) is 2.33. The predicted octanol–water partition coefficient (Wildman–Crippen LogP) is 2.74. The highest BCUT2D eigenvalue weighted by molar-refractivity contribution is 5.26. The third-order valence-electron chi connectivity index (χ3n) is 3.51. The lowest BCUT2D eigenvalue weighted by Gasteiger charge is -2.39. The molecule has 2 unspecified atom stereocenters. The van der Waals surface area contributed by atoms with E-state index in [1.54, 1.807) is 0 Å². The van der Waals surface area contributed by atoms with Crippen LogP contribution in [0.25, 0.3) is 0 Å². The number of rotatable bonds is 2. The first-order chi connectivity index (χ1) is 8.08. The van der Waals surface area contributed by atoms with Gasteiger partial charge in [-0.25, -0.2) is 8.78 Å². The van der Waals surface area contributed by atoms with Crippen LogP contribution >= 0.6 is 0 Å². The Labute approximate surface area is 99.2 Å². The van der Waals surface area contributed by atoms with Gasteiger partial charge >= 0.3 is 0 Å². The molecule has 0 radical (unpaired) electrons. The fourth-order valence-electron chi connectivity index (χ4n) is 2.53. The van der Waals surface area contributed by atoms with E-state index in [-0.39, 0.29) is 6.10 Å². The van der Waals surface area contributed by atoms with Crippen LogP contribution in [0.3, 0.4) is 0 Å². The second-order valence-electron chi connectivity index (χ2n) is 4.52. The zero-order valence-corrected chi connectivity index (χ0v) is 9.75. The van der Waals surface area contributed by atoms with E-state index >= 15 is 0 Å². The maximum atomic E-state index is 13.2. The van der Waals surface area contributed by atoms with Crippen molar-refractivity contribution in [3.63, 3.8) is 0 Å². The molecule has 0 amide bonds. The van der Waals surface area contributed by atoms with Gasteiger partial charge in [0.05, 0.1) is 6.10 Å². The molecule has 2 rings (SSSR count). The van der Waals surface area contributed by atoms with Crippen LogP contribution in [0.5, 0.6) is 0 Å². The topological polar surface area (TPSA) is 29.5 Å². The Morgan fingerprint density at radius 2 is 2.06 bits per heavy atom. The standard InChI is InChI=1S/C13H16F2O2/c1-17-12-4-2-3-7-13(12,16)9-5-6-10(14)11(15)8-9/h5-6,8,12,16H,2-4,7H2,1H3. The van der Waals surface area contributed by atoms with Gasteiger partial charge in [0.1, 0.15) is 5.60 Å². The van der Waals surface area contributed by atoms with E-state index in [1.807, 2.05) is 0 Å². The van der Waals surface area contributed by atoms with E-state index in [9.17, 15) is 13.9 Å². The van der Waals surface area contributed by atoms with Crippen LogP contribution in [-0.2, 0) is 10.3 Å². The summed E-state index contributed by atoms with van der Waals surface area (Å²) in [5, 5.41) is 10.6. The molecule has 1 N–H and O–H groups in total. The Hall–Kier alpha value is -1.00. The molecule has 1 fully saturated rings. The fraction of sp³-hybridized carbons (Fsp3) is 0.538. The highest BCUT2D eigenvalue weighted by Gasteiger charge is 2.41. The molecule has 4 heteroatoms. The van der Waals surface area contributed by atoms with Crippen LogP contribution in [0, 0.1) is 11.6 Å². The molecule has 1 aliphatic carbocycles. The van der Waals surface area contributed by atoms with E-state index < -0.39 is 17.2 Å². The lowest BCUT2D eigenvalue weighted by Crippen LogP contribution is -2.43. The first kappa shape index (κ1) is 12.5. The third-order valence-corrected chi connectivity index (χ3v) is 3.51. The molecule has 1 aromatic carbocycles. The molecule has 0 spiro atoms. The molecule has 1 aromatic rings. The normalized spacial score (nSPS) is 29.3. The lowest BCUT2D eigenvalue weighted by molar-refractivity contribution is -0.122. The molecule has 2 atom stereocenters. The van der Waals surface area contributed by atoms with E-state index in [0.29, 0.717) is 12.0 Å². The van der Waals surface area contributed by atoms with Crippen LogP contribution in [0.15, 0.2) is 18.2 Å². The Kier molecular flexibility index (Phi) is 3.45. The van der Waals surface area contributed by atoms with Crippen molar-refractivity contribution in [1.82, 2.24) is 0 Å². The first-order valence-corrected chi connectivity index (χ1v) is 5.78. The largest absolute Gasteiger partial charge is 0.382 e. The molecular formula is C13H16F2O2. The average molecular weight is 242 g/mol. The van der Waals surface area contributed by atoms with Gasteiger partial charge in [-0.3, -0.25) is 0 Å². The summed E-state index contributed by atoms with van der Waals surface area (Å²) in [4.78, 5) is 0. The van der Waals surface area contributed by atoms with Gasteiger partial charge in [-0.2, -0.15) is 0 Å². The van der Waals surface area contributed by atoms with Crippen molar-refractivity contribution < 1.29 is 18.6 Å². The van der Waals surface area contributed by atoms with Gasteiger partial charge in [-0.15, -0.1) is 0 Å². The number of aliphatic hydroxyl groups is 1. The summed E-state index contributed by atoms with van der Waals surface area (Å²) < 4.78 is 31.4. The minimum absolute atomic E-state index is 0.360. The molecule has 0 aliphatic heterocycles. The molecule has 94 valence electrons. The van der Waals surface area contributed by atoms with Crippen LogP contribution in [0.1, 0.15) is 31.2 Å². The summed E-state index contributed by atoms with van der Waals surface area (Å²) in [7, 11) is 1.53. The van der Waals surface area contributed by atoms with Crippen LogP contribution in [-0.4, -0.2) is 18.3 Å². The minimum Gasteiger partial charge on any atom is -0.382 e. The number of hydrogen-bond acceptors (Lipinski definition) is 2. The molecule has 17 heavy (non-hydrogen) atoms. The van der Waals surface area contributed by atoms with Gasteiger partial charge in [-0.1, -0.05) is 18.9 Å². The monoisotopic (exact) mass is 242 g/mol. The fourth-order valence-corrected chi connectivity index (χ4v) is 2.53. The number of benzene rings is 1. The number of halogens is 2. The SMILES string of the molecule is COC1CCCCC1(O)c1ccc(F)c(F)c1. The lowest BCUT2D eigenvalue weighted by atomic mass is 9.77. The van der Waals surface area contributed by atoms with Crippen molar-refractivity contribution in [2.75, 3.05) is 7.11 Å². The molecule has 0 saturated heterocycles. The van der Waals surface area contributed by atoms with Gasteiger partial charge in [-0.05, 0) is 30.5 Å². The quantitative estimate of drug-likeness (QED) is 0.864. The number of ether oxygens (including phenoxy) is 1. The van der Waals surface area contributed by atoms with Crippen molar-refractivity contribution >= 4 is 0 Å². The van der Waals surface area contributed by atoms with E-state index in [2.05, 4.69) is 0 Å². The molecule has 1 saturated carbocycles. The maximum Gasteiger partial charge on any atom is 0.159 e. The molecular weight excluding hydrogens is 226 g/mol. The molecule has 0 bridgehead atoms. The van der Waals surface area contributed by atoms with Crippen molar-refractivity contribution in [1.29, 1.82) is 0 Å². The summed E-state index contributed by atoms with van der Waals surface area (Å²) in [6.07, 6.45) is 2.71. The summed E-state index contributed by atoms with van der Waals surface area (Å²) >= 11 is 0. The zero-order valence-electron chi connectivity index (χ0n) is 9.75. The third kappa shape index (κ3) is 2.19. The highest BCUT2D eigenvalue weighted by atomic mass is 19.2. The highest BCUT2D eigenvalue weighted by Crippen LogP contribution is 2.39. The summed E-state index contributed by atoms with van der Waals surface area (Å²) in [6.45, 7) is 0. The Morgan fingerprint density at radius 3 is 2.71 bits per heavy atom. The minimum atomic E-state index is -1.21. The second kappa shape index (κ2) is 4.70. The van der Waals surface area contributed by atoms with E-state index in [4.69, 9.17) is 4.74 Å². The maximum absolute atomic E-state index is 13.2. The number of methoxy groups -OCH3 is 1. The number of hydrogen-bond donors (Lipinski definition) is 1. The first-order valence-electron chi connectivity index (χ1n) is 5.78. The van der Waals surface area contributed by atoms with Crippen molar-refractivity contribution in [3.05, 3.63) is 35.4 Å². The molecule has 2 nitrogen and oxygen atoms in total. The molecule has 0 aromatic heterocycles. The van der Waals surface area contributed by atoms with Crippen molar-refractivity contribution in [3.8, 4) is 0 Å². The van der Waals surface area contributed by atoms with E-state index in [0.717, 1.165) is 31.4 Å². The smallest absolute Gasteiger partial charge is 0.159 e. The molecule has 1 aliphatic rings. The van der Waals surface area contributed by atoms with Gasteiger partial charge in [0, 0.05) is 7.11 Å². The zero-order chi connectivity index (χ0) is 12.5.